The SMILES string of the molecule is Cc1cc(Cl)cc2c1N(C)CC1CNCCN21. The van der Waals surface area contributed by atoms with Crippen LogP contribution in [0.5, 0.6) is 0 Å². The van der Waals surface area contributed by atoms with Gasteiger partial charge in [0, 0.05) is 38.2 Å². The summed E-state index contributed by atoms with van der Waals surface area (Å²) in [5.41, 5.74) is 3.91. The number of hydrogen-bond acceptors (Lipinski definition) is 3. The molecule has 3 rings (SSSR count). The standard InChI is InChI=1S/C13H18ClN3/c1-9-5-10(14)6-12-13(9)16(2)8-11-7-15-3-4-17(11)12/h5-6,11,15H,3-4,7-8H2,1-2H3. The minimum Gasteiger partial charge on any atom is -0.371 e. The van der Waals surface area contributed by atoms with Crippen molar-refractivity contribution in [1.82, 2.24) is 5.32 Å². The summed E-state index contributed by atoms with van der Waals surface area (Å²) in [6.07, 6.45) is 0. The second-order valence-electron chi connectivity index (χ2n) is 5.02. The molecule has 0 saturated carbocycles. The van der Waals surface area contributed by atoms with E-state index in [0.29, 0.717) is 6.04 Å². The molecule has 2 heterocycles. The van der Waals surface area contributed by atoms with Gasteiger partial charge in [-0.1, -0.05) is 11.6 Å². The highest BCUT2D eigenvalue weighted by molar-refractivity contribution is 6.31. The Balaban J connectivity index is 2.11. The first-order chi connectivity index (χ1) is 8.16. The highest BCUT2D eigenvalue weighted by atomic mass is 35.5. The molecule has 1 fully saturated rings. The molecule has 0 amide bonds. The van der Waals surface area contributed by atoms with Crippen LogP contribution in [-0.2, 0) is 0 Å². The van der Waals surface area contributed by atoms with Gasteiger partial charge < -0.3 is 15.1 Å². The number of hydrogen-bond donors (Lipinski definition) is 1. The average Bonchev–Trinajstić information content (AvgIpc) is 2.28. The normalized spacial score (nSPS) is 23.4. The molecule has 4 heteroatoms. The van der Waals surface area contributed by atoms with Crippen molar-refractivity contribution in [1.29, 1.82) is 0 Å². The van der Waals surface area contributed by atoms with Gasteiger partial charge in [-0.25, -0.2) is 0 Å². The van der Waals surface area contributed by atoms with Gasteiger partial charge >= 0.3 is 0 Å². The lowest BCUT2D eigenvalue weighted by Crippen LogP contribution is -2.58. The fraction of sp³-hybridized carbons (Fsp3) is 0.538. The topological polar surface area (TPSA) is 18.5 Å². The van der Waals surface area contributed by atoms with Gasteiger partial charge in [0.1, 0.15) is 0 Å². The third kappa shape index (κ3) is 1.78. The number of piperazine rings is 1. The number of nitrogens with one attached hydrogen (secondary N) is 1. The van der Waals surface area contributed by atoms with E-state index >= 15 is 0 Å². The first-order valence-corrected chi connectivity index (χ1v) is 6.53. The molecule has 1 N–H and O–H groups in total. The van der Waals surface area contributed by atoms with Crippen molar-refractivity contribution in [3.63, 3.8) is 0 Å². The van der Waals surface area contributed by atoms with E-state index in [2.05, 4.69) is 41.2 Å². The fourth-order valence-electron chi connectivity index (χ4n) is 3.08. The lowest BCUT2D eigenvalue weighted by atomic mass is 10.0. The molecule has 1 unspecified atom stereocenters. The maximum Gasteiger partial charge on any atom is 0.0633 e. The summed E-state index contributed by atoms with van der Waals surface area (Å²) < 4.78 is 0. The number of likely N-dealkylation sites (N-methyl/N-ethyl adjacent to an activating group) is 1. The van der Waals surface area contributed by atoms with E-state index in [9.17, 15) is 0 Å². The molecule has 0 aromatic heterocycles. The second kappa shape index (κ2) is 4.07. The van der Waals surface area contributed by atoms with Crippen LogP contribution in [0.15, 0.2) is 12.1 Å². The van der Waals surface area contributed by atoms with Crippen LogP contribution in [-0.4, -0.2) is 39.3 Å². The number of benzene rings is 1. The molecule has 1 aromatic rings. The first kappa shape index (κ1) is 11.2. The van der Waals surface area contributed by atoms with E-state index in [1.807, 2.05) is 0 Å². The summed E-state index contributed by atoms with van der Waals surface area (Å²) in [7, 11) is 2.17. The molecule has 0 spiro atoms. The molecule has 1 atom stereocenters. The largest absolute Gasteiger partial charge is 0.371 e. The Morgan fingerprint density at radius 2 is 2.24 bits per heavy atom. The molecule has 2 aliphatic rings. The molecule has 1 saturated heterocycles. The molecule has 1 aromatic carbocycles. The third-order valence-corrected chi connectivity index (χ3v) is 3.99. The van der Waals surface area contributed by atoms with Crippen LogP contribution in [0.1, 0.15) is 5.56 Å². The summed E-state index contributed by atoms with van der Waals surface area (Å²) in [6, 6.07) is 4.73. The number of anilines is 2. The third-order valence-electron chi connectivity index (χ3n) is 3.77. The molecule has 3 nitrogen and oxygen atoms in total. The van der Waals surface area contributed by atoms with Crippen LogP contribution in [0.25, 0.3) is 0 Å². The Hall–Kier alpha value is -0.930. The highest BCUT2D eigenvalue weighted by Gasteiger charge is 2.31. The van der Waals surface area contributed by atoms with Gasteiger partial charge in [-0.2, -0.15) is 0 Å². The van der Waals surface area contributed by atoms with Crippen LogP contribution < -0.4 is 15.1 Å². The molecule has 0 radical (unpaired) electrons. The maximum atomic E-state index is 6.20. The number of rotatable bonds is 0. The van der Waals surface area contributed by atoms with Crippen LogP contribution in [0.2, 0.25) is 5.02 Å². The Morgan fingerprint density at radius 3 is 3.06 bits per heavy atom. The van der Waals surface area contributed by atoms with E-state index in [1.54, 1.807) is 0 Å². The second-order valence-corrected chi connectivity index (χ2v) is 5.46. The minimum atomic E-state index is 0.569. The van der Waals surface area contributed by atoms with Gasteiger partial charge in [0.25, 0.3) is 0 Å². The predicted octanol–water partition coefficient (Wildman–Crippen LogP) is 1.88. The number of fused-ring (bicyclic) bond motifs is 3. The average molecular weight is 252 g/mol. The Bertz CT molecular complexity index is 447. The summed E-state index contributed by atoms with van der Waals surface area (Å²) in [5, 5.41) is 4.30. The zero-order chi connectivity index (χ0) is 12.0. The van der Waals surface area contributed by atoms with Crippen molar-refractivity contribution >= 4 is 23.0 Å². The molecule has 17 heavy (non-hydrogen) atoms. The molecule has 0 aliphatic carbocycles. The maximum absolute atomic E-state index is 6.20. The molecular weight excluding hydrogens is 234 g/mol. The Labute approximate surface area is 107 Å². The summed E-state index contributed by atoms with van der Waals surface area (Å²) >= 11 is 6.20. The summed E-state index contributed by atoms with van der Waals surface area (Å²) in [6.45, 7) is 6.43. The lowest BCUT2D eigenvalue weighted by Gasteiger charge is -2.46. The summed E-state index contributed by atoms with van der Waals surface area (Å²) in [4.78, 5) is 4.86. The van der Waals surface area contributed by atoms with E-state index in [0.717, 1.165) is 31.2 Å². The predicted molar refractivity (Wildman–Crippen MR) is 73.5 cm³/mol. The molecule has 92 valence electrons. The van der Waals surface area contributed by atoms with Crippen molar-refractivity contribution in [2.24, 2.45) is 0 Å². The van der Waals surface area contributed by atoms with Crippen molar-refractivity contribution < 1.29 is 0 Å². The number of halogens is 1. The number of aryl methyl sites for hydroxylation is 1. The molecule has 0 bridgehead atoms. The lowest BCUT2D eigenvalue weighted by molar-refractivity contribution is 0.465. The van der Waals surface area contributed by atoms with Gasteiger partial charge in [0.05, 0.1) is 17.4 Å². The van der Waals surface area contributed by atoms with Crippen molar-refractivity contribution in [3.8, 4) is 0 Å². The van der Waals surface area contributed by atoms with Gasteiger partial charge in [0.15, 0.2) is 0 Å². The zero-order valence-corrected chi connectivity index (χ0v) is 11.1. The minimum absolute atomic E-state index is 0.569. The fourth-order valence-corrected chi connectivity index (χ4v) is 3.35. The quantitative estimate of drug-likeness (QED) is 0.760. The summed E-state index contributed by atoms with van der Waals surface area (Å²) in [5.74, 6) is 0. The van der Waals surface area contributed by atoms with E-state index < -0.39 is 0 Å². The van der Waals surface area contributed by atoms with Crippen LogP contribution in [0.3, 0.4) is 0 Å². The van der Waals surface area contributed by atoms with Gasteiger partial charge in [0.2, 0.25) is 0 Å². The Kier molecular flexibility index (Phi) is 2.68. The van der Waals surface area contributed by atoms with Gasteiger partial charge in [-0.15, -0.1) is 0 Å². The van der Waals surface area contributed by atoms with Crippen LogP contribution in [0, 0.1) is 6.92 Å². The number of nitrogens with zero attached hydrogens (tertiary/aromatic N) is 2. The van der Waals surface area contributed by atoms with Gasteiger partial charge in [-0.3, -0.25) is 0 Å². The monoisotopic (exact) mass is 251 g/mol. The zero-order valence-electron chi connectivity index (χ0n) is 10.3. The first-order valence-electron chi connectivity index (χ1n) is 6.15. The van der Waals surface area contributed by atoms with Crippen LogP contribution >= 0.6 is 11.6 Å². The smallest absolute Gasteiger partial charge is 0.0633 e. The van der Waals surface area contributed by atoms with Crippen molar-refractivity contribution in [2.45, 2.75) is 13.0 Å². The van der Waals surface area contributed by atoms with Crippen LogP contribution in [0.4, 0.5) is 11.4 Å². The van der Waals surface area contributed by atoms with Crippen molar-refractivity contribution in [3.05, 3.63) is 22.7 Å². The van der Waals surface area contributed by atoms with E-state index in [4.69, 9.17) is 11.6 Å². The van der Waals surface area contributed by atoms with E-state index in [-0.39, 0.29) is 0 Å². The van der Waals surface area contributed by atoms with E-state index in [1.165, 1.54) is 16.9 Å². The molecule has 2 aliphatic heterocycles. The van der Waals surface area contributed by atoms with Gasteiger partial charge in [-0.05, 0) is 24.6 Å². The van der Waals surface area contributed by atoms with Crippen molar-refractivity contribution in [2.75, 3.05) is 43.0 Å². The Morgan fingerprint density at radius 1 is 1.41 bits per heavy atom. The highest BCUT2D eigenvalue weighted by Crippen LogP contribution is 2.39. The molecular formula is C13H18ClN3.